The summed E-state index contributed by atoms with van der Waals surface area (Å²) in [5.41, 5.74) is 0.603. The highest BCUT2D eigenvalue weighted by Gasteiger charge is 2.06. The number of aromatic hydroxyl groups is 1. The molecule has 0 amide bonds. The molecule has 0 radical (unpaired) electrons. The van der Waals surface area contributed by atoms with Crippen molar-refractivity contribution >= 4 is 17.5 Å². The molecule has 0 fully saturated rings. The lowest BCUT2D eigenvalue weighted by molar-refractivity contribution is 0.102. The van der Waals surface area contributed by atoms with Gasteiger partial charge < -0.3 is 5.11 Å². The molecule has 2 aromatic rings. The van der Waals surface area contributed by atoms with Crippen LogP contribution in [0.2, 0.25) is 0 Å². The topological polar surface area (TPSA) is 50.2 Å². The van der Waals surface area contributed by atoms with Crippen molar-refractivity contribution in [3.8, 4) is 5.75 Å². The molecule has 1 N–H and O–H groups in total. The first kappa shape index (κ1) is 11.7. The van der Waals surface area contributed by atoms with Crippen LogP contribution in [0.25, 0.3) is 0 Å². The van der Waals surface area contributed by atoms with Gasteiger partial charge in [0.25, 0.3) is 0 Å². The van der Waals surface area contributed by atoms with Gasteiger partial charge in [-0.2, -0.15) is 0 Å². The number of pyridine rings is 1. The Labute approximate surface area is 104 Å². The maximum absolute atomic E-state index is 11.8. The number of Topliss-reactive ketones (excluding diaryl/α,β-unsaturated/α-hetero) is 1. The Morgan fingerprint density at radius 2 is 1.94 bits per heavy atom. The van der Waals surface area contributed by atoms with E-state index in [-0.39, 0.29) is 11.5 Å². The van der Waals surface area contributed by atoms with Crippen LogP contribution in [0.15, 0.2) is 53.7 Å². The number of hydrogen-bond donors (Lipinski definition) is 1. The molecule has 86 valence electrons. The summed E-state index contributed by atoms with van der Waals surface area (Å²) in [5, 5.41) is 9.95. The number of rotatable bonds is 4. The molecular formula is C13H11NO2S. The summed E-state index contributed by atoms with van der Waals surface area (Å²) in [6.45, 7) is 0. The zero-order chi connectivity index (χ0) is 12.1. The summed E-state index contributed by atoms with van der Waals surface area (Å²) in [4.78, 5) is 15.9. The zero-order valence-electron chi connectivity index (χ0n) is 9.04. The van der Waals surface area contributed by atoms with Crippen LogP contribution < -0.4 is 0 Å². The van der Waals surface area contributed by atoms with E-state index in [1.807, 2.05) is 18.2 Å². The van der Waals surface area contributed by atoms with E-state index in [0.717, 1.165) is 5.03 Å². The molecule has 3 nitrogen and oxygen atoms in total. The van der Waals surface area contributed by atoms with Gasteiger partial charge in [0.2, 0.25) is 0 Å². The van der Waals surface area contributed by atoms with Crippen LogP contribution in [0.5, 0.6) is 5.75 Å². The van der Waals surface area contributed by atoms with Gasteiger partial charge >= 0.3 is 0 Å². The molecule has 0 saturated carbocycles. The van der Waals surface area contributed by atoms with Gasteiger partial charge in [-0.05, 0) is 36.4 Å². The standard InChI is InChI=1S/C13H11NO2S/c15-11-6-4-10(5-7-11)12(16)9-17-13-3-1-2-8-14-13/h1-8,15H,9H2. The average Bonchev–Trinajstić information content (AvgIpc) is 2.38. The van der Waals surface area contributed by atoms with E-state index < -0.39 is 0 Å². The second-order valence-electron chi connectivity index (χ2n) is 3.43. The van der Waals surface area contributed by atoms with Gasteiger partial charge in [0.1, 0.15) is 5.75 Å². The minimum Gasteiger partial charge on any atom is -0.508 e. The molecule has 0 spiro atoms. The van der Waals surface area contributed by atoms with E-state index in [4.69, 9.17) is 5.11 Å². The number of ketones is 1. The maximum Gasteiger partial charge on any atom is 0.173 e. The molecule has 0 aliphatic heterocycles. The first-order chi connectivity index (χ1) is 8.25. The van der Waals surface area contributed by atoms with Crippen LogP contribution in [0.4, 0.5) is 0 Å². The number of nitrogens with zero attached hydrogens (tertiary/aromatic N) is 1. The highest BCUT2D eigenvalue weighted by molar-refractivity contribution is 7.99. The van der Waals surface area contributed by atoms with Crippen molar-refractivity contribution in [2.75, 3.05) is 5.75 Å². The molecule has 17 heavy (non-hydrogen) atoms. The first-order valence-electron chi connectivity index (χ1n) is 5.12. The minimum atomic E-state index is 0.0284. The predicted molar refractivity (Wildman–Crippen MR) is 67.4 cm³/mol. The Balaban J connectivity index is 1.96. The number of carbonyl (C=O) groups is 1. The molecule has 0 aliphatic carbocycles. The molecule has 2 rings (SSSR count). The fraction of sp³-hybridized carbons (Fsp3) is 0.0769. The number of thioether (sulfide) groups is 1. The average molecular weight is 245 g/mol. The van der Waals surface area contributed by atoms with E-state index >= 15 is 0 Å². The molecule has 0 saturated heterocycles. The number of benzene rings is 1. The molecule has 0 atom stereocenters. The zero-order valence-corrected chi connectivity index (χ0v) is 9.85. The summed E-state index contributed by atoms with van der Waals surface area (Å²) < 4.78 is 0. The molecule has 0 bridgehead atoms. The smallest absolute Gasteiger partial charge is 0.173 e. The normalized spacial score (nSPS) is 10.1. The van der Waals surface area contributed by atoms with Crippen molar-refractivity contribution < 1.29 is 9.90 Å². The van der Waals surface area contributed by atoms with E-state index in [1.54, 1.807) is 18.3 Å². The third-order valence-electron chi connectivity index (χ3n) is 2.18. The Kier molecular flexibility index (Phi) is 3.77. The van der Waals surface area contributed by atoms with E-state index in [9.17, 15) is 4.79 Å². The molecule has 1 heterocycles. The fourth-order valence-corrected chi connectivity index (χ4v) is 2.06. The van der Waals surface area contributed by atoms with Crippen LogP contribution in [0, 0.1) is 0 Å². The van der Waals surface area contributed by atoms with E-state index in [2.05, 4.69) is 4.98 Å². The number of hydrogen-bond acceptors (Lipinski definition) is 4. The van der Waals surface area contributed by atoms with Crippen molar-refractivity contribution in [2.24, 2.45) is 0 Å². The van der Waals surface area contributed by atoms with Crippen LogP contribution in [-0.2, 0) is 0 Å². The minimum absolute atomic E-state index is 0.0284. The Morgan fingerprint density at radius 3 is 2.59 bits per heavy atom. The van der Waals surface area contributed by atoms with Crippen LogP contribution in [-0.4, -0.2) is 21.6 Å². The number of aromatic nitrogens is 1. The lowest BCUT2D eigenvalue weighted by Crippen LogP contribution is -2.01. The molecule has 1 aromatic heterocycles. The third kappa shape index (κ3) is 3.32. The molecule has 0 unspecified atom stereocenters. The Morgan fingerprint density at radius 1 is 1.18 bits per heavy atom. The highest BCUT2D eigenvalue weighted by Crippen LogP contribution is 2.17. The molecule has 1 aromatic carbocycles. The first-order valence-corrected chi connectivity index (χ1v) is 6.10. The van der Waals surface area contributed by atoms with Gasteiger partial charge in [-0.3, -0.25) is 4.79 Å². The summed E-state index contributed by atoms with van der Waals surface area (Å²) in [7, 11) is 0. The van der Waals surface area contributed by atoms with Gasteiger partial charge in [-0.15, -0.1) is 0 Å². The highest BCUT2D eigenvalue weighted by atomic mass is 32.2. The lowest BCUT2D eigenvalue weighted by atomic mass is 10.1. The van der Waals surface area contributed by atoms with Crippen LogP contribution in [0.1, 0.15) is 10.4 Å². The maximum atomic E-state index is 11.8. The molecule has 0 aliphatic rings. The number of phenolic OH excluding ortho intramolecular Hbond substituents is 1. The Hall–Kier alpha value is -1.81. The lowest BCUT2D eigenvalue weighted by Gasteiger charge is -2.01. The van der Waals surface area contributed by atoms with Gasteiger partial charge in [0.15, 0.2) is 5.78 Å². The number of phenols is 1. The van der Waals surface area contributed by atoms with Gasteiger partial charge in [0.05, 0.1) is 10.8 Å². The summed E-state index contributed by atoms with van der Waals surface area (Å²) >= 11 is 1.40. The van der Waals surface area contributed by atoms with E-state index in [0.29, 0.717) is 11.3 Å². The van der Waals surface area contributed by atoms with Gasteiger partial charge in [0, 0.05) is 11.8 Å². The van der Waals surface area contributed by atoms with Gasteiger partial charge in [-0.1, -0.05) is 17.8 Å². The number of carbonyl (C=O) groups excluding carboxylic acids is 1. The van der Waals surface area contributed by atoms with E-state index in [1.165, 1.54) is 23.9 Å². The van der Waals surface area contributed by atoms with Crippen LogP contribution in [0.3, 0.4) is 0 Å². The SMILES string of the molecule is O=C(CSc1ccccn1)c1ccc(O)cc1. The van der Waals surface area contributed by atoms with Crippen LogP contribution >= 0.6 is 11.8 Å². The van der Waals surface area contributed by atoms with Crippen molar-refractivity contribution in [2.45, 2.75) is 5.03 Å². The monoisotopic (exact) mass is 245 g/mol. The third-order valence-corrected chi connectivity index (χ3v) is 3.12. The second kappa shape index (κ2) is 5.50. The summed E-state index contributed by atoms with van der Waals surface area (Å²) in [6, 6.07) is 11.9. The Bertz CT molecular complexity index is 497. The molecular weight excluding hydrogens is 234 g/mol. The fourth-order valence-electron chi connectivity index (χ4n) is 1.30. The largest absolute Gasteiger partial charge is 0.508 e. The van der Waals surface area contributed by atoms with Crippen molar-refractivity contribution in [3.63, 3.8) is 0 Å². The van der Waals surface area contributed by atoms with Gasteiger partial charge in [-0.25, -0.2) is 4.98 Å². The quantitative estimate of drug-likeness (QED) is 0.664. The van der Waals surface area contributed by atoms with Crippen molar-refractivity contribution in [1.29, 1.82) is 0 Å². The second-order valence-corrected chi connectivity index (χ2v) is 4.42. The van der Waals surface area contributed by atoms with Crippen molar-refractivity contribution in [1.82, 2.24) is 4.98 Å². The molecule has 4 heteroatoms. The summed E-state index contributed by atoms with van der Waals surface area (Å²) in [6.07, 6.45) is 1.70. The van der Waals surface area contributed by atoms with Crippen molar-refractivity contribution in [3.05, 3.63) is 54.2 Å². The summed E-state index contributed by atoms with van der Waals surface area (Å²) in [5.74, 6) is 0.543. The predicted octanol–water partition coefficient (Wildman–Crippen LogP) is 2.76.